The minimum absolute atomic E-state index is 0.385. The van der Waals surface area contributed by atoms with E-state index in [1.165, 1.54) is 12.0 Å². The molecule has 1 N–H and O–H groups in total. The summed E-state index contributed by atoms with van der Waals surface area (Å²) in [7, 11) is 0. The molecule has 3 unspecified atom stereocenters. The standard InChI is InChI=1S/C13H20N2O/c1-10(12-3-6-14-7-4-12)15-9-13-5-8-16-11(13)2/h3-4,6-7,10-11,13,15H,5,8-9H2,1-2H3. The van der Waals surface area contributed by atoms with Gasteiger partial charge in [0.15, 0.2) is 0 Å². The van der Waals surface area contributed by atoms with E-state index in [9.17, 15) is 0 Å². The van der Waals surface area contributed by atoms with Crippen molar-refractivity contribution in [3.63, 3.8) is 0 Å². The van der Waals surface area contributed by atoms with Crippen molar-refractivity contribution in [1.82, 2.24) is 10.3 Å². The predicted molar refractivity (Wildman–Crippen MR) is 64.2 cm³/mol. The maximum absolute atomic E-state index is 5.55. The molecular formula is C13H20N2O. The minimum atomic E-state index is 0.385. The zero-order chi connectivity index (χ0) is 11.4. The van der Waals surface area contributed by atoms with Gasteiger partial charge in [-0.1, -0.05) is 0 Å². The minimum Gasteiger partial charge on any atom is -0.378 e. The Hall–Kier alpha value is -0.930. The van der Waals surface area contributed by atoms with Gasteiger partial charge in [0.2, 0.25) is 0 Å². The van der Waals surface area contributed by atoms with Crippen molar-refractivity contribution in [3.05, 3.63) is 30.1 Å². The molecule has 3 heteroatoms. The van der Waals surface area contributed by atoms with Gasteiger partial charge in [-0.05, 0) is 43.9 Å². The topological polar surface area (TPSA) is 34.1 Å². The van der Waals surface area contributed by atoms with Crippen molar-refractivity contribution >= 4 is 0 Å². The van der Waals surface area contributed by atoms with Gasteiger partial charge in [-0.3, -0.25) is 4.98 Å². The monoisotopic (exact) mass is 220 g/mol. The van der Waals surface area contributed by atoms with E-state index in [2.05, 4.69) is 36.3 Å². The first kappa shape index (κ1) is 11.6. The number of hydrogen-bond acceptors (Lipinski definition) is 3. The number of nitrogens with zero attached hydrogens (tertiary/aromatic N) is 1. The van der Waals surface area contributed by atoms with Crippen LogP contribution < -0.4 is 5.32 Å². The fourth-order valence-electron chi connectivity index (χ4n) is 2.14. The van der Waals surface area contributed by atoms with E-state index in [1.807, 2.05) is 12.4 Å². The molecule has 1 aromatic rings. The van der Waals surface area contributed by atoms with Gasteiger partial charge < -0.3 is 10.1 Å². The van der Waals surface area contributed by atoms with Gasteiger partial charge in [0, 0.05) is 31.6 Å². The van der Waals surface area contributed by atoms with Crippen LogP contribution in [0, 0.1) is 5.92 Å². The smallest absolute Gasteiger partial charge is 0.0588 e. The number of aromatic nitrogens is 1. The van der Waals surface area contributed by atoms with Crippen molar-refractivity contribution in [1.29, 1.82) is 0 Å². The second kappa shape index (κ2) is 5.41. The fourth-order valence-corrected chi connectivity index (χ4v) is 2.14. The number of ether oxygens (including phenoxy) is 1. The number of hydrogen-bond donors (Lipinski definition) is 1. The first-order valence-electron chi connectivity index (χ1n) is 6.02. The van der Waals surface area contributed by atoms with E-state index < -0.39 is 0 Å². The summed E-state index contributed by atoms with van der Waals surface area (Å²) in [5.41, 5.74) is 1.29. The van der Waals surface area contributed by atoms with Crippen LogP contribution in [0.3, 0.4) is 0 Å². The third kappa shape index (κ3) is 2.80. The van der Waals surface area contributed by atoms with Crippen LogP contribution in [0.4, 0.5) is 0 Å². The first-order valence-corrected chi connectivity index (χ1v) is 6.02. The maximum Gasteiger partial charge on any atom is 0.0588 e. The summed E-state index contributed by atoms with van der Waals surface area (Å²) in [6, 6.07) is 4.51. The molecular weight excluding hydrogens is 200 g/mol. The molecule has 3 nitrogen and oxygen atoms in total. The molecule has 3 atom stereocenters. The summed E-state index contributed by atoms with van der Waals surface area (Å²) in [5, 5.41) is 3.56. The fraction of sp³-hybridized carbons (Fsp3) is 0.615. The van der Waals surface area contributed by atoms with Crippen LogP contribution in [0.5, 0.6) is 0 Å². The van der Waals surface area contributed by atoms with Crippen LogP contribution >= 0.6 is 0 Å². The van der Waals surface area contributed by atoms with E-state index in [0.29, 0.717) is 18.1 Å². The highest BCUT2D eigenvalue weighted by atomic mass is 16.5. The van der Waals surface area contributed by atoms with Crippen molar-refractivity contribution in [2.45, 2.75) is 32.4 Å². The van der Waals surface area contributed by atoms with Crippen LogP contribution in [0.1, 0.15) is 31.9 Å². The van der Waals surface area contributed by atoms with Gasteiger partial charge in [0.1, 0.15) is 0 Å². The van der Waals surface area contributed by atoms with E-state index >= 15 is 0 Å². The Morgan fingerprint density at radius 3 is 2.88 bits per heavy atom. The summed E-state index contributed by atoms with van der Waals surface area (Å²) in [5.74, 6) is 0.657. The third-order valence-electron chi connectivity index (χ3n) is 3.43. The quantitative estimate of drug-likeness (QED) is 0.844. The molecule has 0 aliphatic carbocycles. The van der Waals surface area contributed by atoms with Crippen LogP contribution in [-0.2, 0) is 4.74 Å². The van der Waals surface area contributed by atoms with Crippen LogP contribution in [0.15, 0.2) is 24.5 Å². The molecule has 2 heterocycles. The average molecular weight is 220 g/mol. The second-order valence-electron chi connectivity index (χ2n) is 4.54. The normalized spacial score (nSPS) is 26.9. The van der Waals surface area contributed by atoms with E-state index in [0.717, 1.165) is 13.2 Å². The van der Waals surface area contributed by atoms with Crippen molar-refractivity contribution in [2.75, 3.05) is 13.2 Å². The largest absolute Gasteiger partial charge is 0.378 e. The molecule has 0 saturated carbocycles. The molecule has 1 saturated heterocycles. The summed E-state index contributed by atoms with van der Waals surface area (Å²) < 4.78 is 5.55. The first-order chi connectivity index (χ1) is 7.77. The SMILES string of the molecule is CC(NCC1CCOC1C)c1ccncc1. The Bertz CT molecular complexity index is 315. The molecule has 1 fully saturated rings. The molecule has 16 heavy (non-hydrogen) atoms. The molecule has 1 aliphatic heterocycles. The lowest BCUT2D eigenvalue weighted by Gasteiger charge is -2.19. The van der Waals surface area contributed by atoms with E-state index in [-0.39, 0.29) is 0 Å². The zero-order valence-corrected chi connectivity index (χ0v) is 10.0. The van der Waals surface area contributed by atoms with Crippen molar-refractivity contribution in [3.8, 4) is 0 Å². The lowest BCUT2D eigenvalue weighted by molar-refractivity contribution is 0.105. The second-order valence-corrected chi connectivity index (χ2v) is 4.54. The molecule has 1 aromatic heterocycles. The van der Waals surface area contributed by atoms with Gasteiger partial charge in [0.05, 0.1) is 6.10 Å². The Morgan fingerprint density at radius 1 is 1.50 bits per heavy atom. The van der Waals surface area contributed by atoms with Crippen LogP contribution in [-0.4, -0.2) is 24.2 Å². The summed E-state index contributed by atoms with van der Waals surface area (Å²) in [6.45, 7) is 6.30. The summed E-state index contributed by atoms with van der Waals surface area (Å²) >= 11 is 0. The lowest BCUT2D eigenvalue weighted by Crippen LogP contribution is -2.29. The average Bonchev–Trinajstić information content (AvgIpc) is 2.73. The molecule has 2 rings (SSSR count). The van der Waals surface area contributed by atoms with E-state index in [4.69, 9.17) is 4.74 Å². The lowest BCUT2D eigenvalue weighted by atomic mass is 10.0. The Balaban J connectivity index is 1.82. The number of nitrogens with one attached hydrogen (secondary N) is 1. The highest BCUT2D eigenvalue weighted by Crippen LogP contribution is 2.20. The molecule has 0 spiro atoms. The molecule has 0 amide bonds. The van der Waals surface area contributed by atoms with Gasteiger partial charge in [-0.2, -0.15) is 0 Å². The molecule has 88 valence electrons. The zero-order valence-electron chi connectivity index (χ0n) is 10.0. The highest BCUT2D eigenvalue weighted by molar-refractivity contribution is 5.13. The van der Waals surface area contributed by atoms with Crippen molar-refractivity contribution in [2.24, 2.45) is 5.92 Å². The van der Waals surface area contributed by atoms with Gasteiger partial charge in [0.25, 0.3) is 0 Å². The third-order valence-corrected chi connectivity index (χ3v) is 3.43. The summed E-state index contributed by atoms with van der Waals surface area (Å²) in [6.07, 6.45) is 5.26. The Kier molecular flexibility index (Phi) is 3.91. The van der Waals surface area contributed by atoms with Crippen LogP contribution in [0.2, 0.25) is 0 Å². The molecule has 0 aromatic carbocycles. The Morgan fingerprint density at radius 2 is 2.25 bits per heavy atom. The summed E-state index contributed by atoms with van der Waals surface area (Å²) in [4.78, 5) is 4.03. The van der Waals surface area contributed by atoms with Crippen LogP contribution in [0.25, 0.3) is 0 Å². The predicted octanol–water partition coefficient (Wildman–Crippen LogP) is 2.16. The molecule has 1 aliphatic rings. The maximum atomic E-state index is 5.55. The van der Waals surface area contributed by atoms with E-state index in [1.54, 1.807) is 0 Å². The number of pyridine rings is 1. The van der Waals surface area contributed by atoms with Crippen molar-refractivity contribution < 1.29 is 4.74 Å². The van der Waals surface area contributed by atoms with Gasteiger partial charge in [-0.15, -0.1) is 0 Å². The molecule has 0 radical (unpaired) electrons. The molecule has 0 bridgehead atoms. The number of rotatable bonds is 4. The highest BCUT2D eigenvalue weighted by Gasteiger charge is 2.24. The van der Waals surface area contributed by atoms with Gasteiger partial charge in [-0.25, -0.2) is 0 Å². The Labute approximate surface area is 97.2 Å². The van der Waals surface area contributed by atoms with Gasteiger partial charge >= 0.3 is 0 Å².